The van der Waals surface area contributed by atoms with Crippen LogP contribution < -0.4 is 4.74 Å². The lowest BCUT2D eigenvalue weighted by Gasteiger charge is -2.58. The van der Waals surface area contributed by atoms with Gasteiger partial charge in [0.15, 0.2) is 11.4 Å². The molecule has 4 aliphatic carbocycles. The van der Waals surface area contributed by atoms with Crippen molar-refractivity contribution in [3.63, 3.8) is 0 Å². The topological polar surface area (TPSA) is 43.5 Å². The number of carbonyl (C=O) groups excluding carboxylic acids is 1. The van der Waals surface area contributed by atoms with Crippen LogP contribution in [0.1, 0.15) is 180 Å². The number of allylic oxidation sites excluding steroid dienone is 3. The molecule has 62 heavy (non-hydrogen) atoms. The van der Waals surface area contributed by atoms with Crippen molar-refractivity contribution in [3.05, 3.63) is 82.8 Å². The summed E-state index contributed by atoms with van der Waals surface area (Å²) in [7, 11) is 1.60. The Morgan fingerprint density at radius 3 is 2.34 bits per heavy atom. The smallest absolute Gasteiger partial charge is 0.497 e. The third kappa shape index (κ3) is 8.97. The largest absolute Gasteiger partial charge is 0.737 e. The molecule has 0 N–H and O–H groups in total. The lowest BCUT2D eigenvalue weighted by Crippen LogP contribution is -2.51. The number of aromatic nitrogens is 1. The Balaban J connectivity index is 0.719. The van der Waals surface area contributed by atoms with E-state index in [9.17, 15) is 4.79 Å². The maximum absolute atomic E-state index is 16.3. The molecule has 8 rings (SSSR count). The fourth-order valence-electron chi connectivity index (χ4n) is 14.0. The second-order valence-corrected chi connectivity index (χ2v) is 21.6. The molecule has 338 valence electrons. The molecule has 8 atom stereocenters. The monoisotopic (exact) mass is 851 g/mol. The van der Waals surface area contributed by atoms with Gasteiger partial charge in [0, 0.05) is 42.3 Å². The van der Waals surface area contributed by atoms with Crippen molar-refractivity contribution in [2.24, 2.45) is 46.3 Å². The number of methoxy groups -OCH3 is 1. The number of unbranched alkanes of at least 4 members (excludes halogenated alkanes) is 7. The molecule has 2 aliphatic heterocycles. The Morgan fingerprint density at radius 1 is 0.855 bits per heavy atom. The van der Waals surface area contributed by atoms with Crippen molar-refractivity contribution in [2.45, 2.75) is 176 Å². The van der Waals surface area contributed by atoms with Gasteiger partial charge in [-0.3, -0.25) is 4.79 Å². The molecular weight excluding hydrogens is 773 g/mol. The Labute approximate surface area is 372 Å². The number of nitrogens with zero attached hydrogens (tertiary/aromatic N) is 2. The Morgan fingerprint density at radius 2 is 1.60 bits per heavy atom. The highest BCUT2D eigenvalue weighted by molar-refractivity contribution is 6.58. The van der Waals surface area contributed by atoms with E-state index in [1.54, 1.807) is 24.8 Å². The van der Waals surface area contributed by atoms with E-state index in [1.165, 1.54) is 60.3 Å². The molecule has 3 saturated carbocycles. The van der Waals surface area contributed by atoms with Gasteiger partial charge in [0.05, 0.1) is 7.11 Å². The van der Waals surface area contributed by atoms with Crippen molar-refractivity contribution in [2.75, 3.05) is 7.11 Å². The fourth-order valence-corrected chi connectivity index (χ4v) is 14.0. The molecule has 5 nitrogen and oxygen atoms in total. The predicted molar refractivity (Wildman–Crippen MR) is 250 cm³/mol. The molecule has 1 aromatic carbocycles. The maximum atomic E-state index is 16.3. The molecule has 8 heteroatoms. The van der Waals surface area contributed by atoms with Crippen LogP contribution in [-0.2, 0) is 16.0 Å². The summed E-state index contributed by atoms with van der Waals surface area (Å²) in [6, 6.07) is 11.0. The summed E-state index contributed by atoms with van der Waals surface area (Å²) in [5.74, 6) is 5.74. The molecule has 0 radical (unpaired) electrons. The maximum Gasteiger partial charge on any atom is 0.737 e. The second kappa shape index (κ2) is 19.0. The van der Waals surface area contributed by atoms with E-state index < -0.39 is 6.97 Å². The third-order valence-corrected chi connectivity index (χ3v) is 17.4. The van der Waals surface area contributed by atoms with Gasteiger partial charge >= 0.3 is 12.9 Å². The number of esters is 1. The lowest BCUT2D eigenvalue weighted by molar-refractivity contribution is -0.360. The zero-order valence-corrected chi connectivity index (χ0v) is 39.1. The average Bonchev–Trinajstić information content (AvgIpc) is 3.97. The number of rotatable bonds is 19. The van der Waals surface area contributed by atoms with Crippen LogP contribution in [-0.4, -0.2) is 40.8 Å². The van der Waals surface area contributed by atoms with Crippen LogP contribution in [0, 0.1) is 46.3 Å². The highest BCUT2D eigenvalue weighted by atomic mass is 19.2. The average molecular weight is 851 g/mol. The Kier molecular flexibility index (Phi) is 13.8. The summed E-state index contributed by atoms with van der Waals surface area (Å²) in [6.45, 7) is 8.54. The first-order valence-corrected chi connectivity index (χ1v) is 25.2. The van der Waals surface area contributed by atoms with Gasteiger partial charge in [-0.1, -0.05) is 104 Å². The third-order valence-electron chi connectivity index (χ3n) is 17.4. The summed E-state index contributed by atoms with van der Waals surface area (Å²) in [4.78, 5) is 13.0. The van der Waals surface area contributed by atoms with E-state index in [0.717, 1.165) is 112 Å². The highest BCUT2D eigenvalue weighted by Crippen LogP contribution is 2.67. The molecule has 6 aliphatic rings. The molecule has 1 aromatic heterocycles. The zero-order valence-electron chi connectivity index (χ0n) is 39.1. The molecule has 0 spiro atoms. The van der Waals surface area contributed by atoms with Crippen molar-refractivity contribution < 1.29 is 27.4 Å². The van der Waals surface area contributed by atoms with Crippen LogP contribution in [0.5, 0.6) is 5.75 Å². The van der Waals surface area contributed by atoms with Gasteiger partial charge in [-0.05, 0) is 153 Å². The van der Waals surface area contributed by atoms with Gasteiger partial charge in [0.25, 0.3) is 0 Å². The molecule has 0 saturated heterocycles. The van der Waals surface area contributed by atoms with Crippen LogP contribution in [0.15, 0.2) is 65.9 Å². The van der Waals surface area contributed by atoms with E-state index >= 15 is 8.63 Å². The minimum atomic E-state index is -4.03. The van der Waals surface area contributed by atoms with Gasteiger partial charge < -0.3 is 27.1 Å². The van der Waals surface area contributed by atoms with Crippen LogP contribution in [0.2, 0.25) is 0 Å². The van der Waals surface area contributed by atoms with Crippen LogP contribution in [0.25, 0.3) is 6.08 Å². The molecule has 0 amide bonds. The normalized spacial score (nSPS) is 29.9. The first kappa shape index (κ1) is 45.2. The van der Waals surface area contributed by atoms with Gasteiger partial charge in [-0.2, -0.15) is 0 Å². The Bertz CT molecular complexity index is 2030. The fraction of sp³-hybridized carbons (Fsp3) is 0.667. The molecule has 3 fully saturated rings. The summed E-state index contributed by atoms with van der Waals surface area (Å²) >= 11 is 0. The standard InChI is InChI=1S/C54H77BF2N2O3/c1-38(2)16-15-17-39(3)48-29-30-49-47-28-22-41-36-46(32-34-53(41,4)50(47)33-35-54(48,49)5)62-52(60)19-14-12-10-8-7-9-11-13-18-42-23-24-43-37-44-25-31-51(59(44)55(56,57)58(42)43)40-20-26-45(61-6)27-21-40/h20-27,31,37-39,46-50H,7-19,28-30,32-36H2,1-6H3/t39-,46+,47+,48-,49+,50+,53+,54-/m1/s1. The summed E-state index contributed by atoms with van der Waals surface area (Å²) < 4.78 is 46.5. The van der Waals surface area contributed by atoms with Gasteiger partial charge in [0.1, 0.15) is 11.9 Å². The number of hydrogen-bond donors (Lipinski definition) is 0. The lowest BCUT2D eigenvalue weighted by atomic mass is 9.47. The summed E-state index contributed by atoms with van der Waals surface area (Å²) in [6.07, 6.45) is 31.8. The number of carbonyl (C=O) groups is 1. The highest BCUT2D eigenvalue weighted by Gasteiger charge is 2.59. The first-order valence-electron chi connectivity index (χ1n) is 25.2. The summed E-state index contributed by atoms with van der Waals surface area (Å²) in [5, 5.41) is 0. The zero-order chi connectivity index (χ0) is 43.6. The molecule has 0 bridgehead atoms. The number of hydrogen-bond acceptors (Lipinski definition) is 3. The van der Waals surface area contributed by atoms with Crippen LogP contribution in [0.3, 0.4) is 0 Å². The minimum absolute atomic E-state index is 0.0112. The van der Waals surface area contributed by atoms with E-state index in [0.29, 0.717) is 46.8 Å². The molecule has 0 unspecified atom stereocenters. The van der Waals surface area contributed by atoms with Crippen molar-refractivity contribution >= 4 is 24.7 Å². The quantitative estimate of drug-likeness (QED) is 0.0612. The molecule has 2 aromatic rings. The van der Waals surface area contributed by atoms with Gasteiger partial charge in [-0.15, -0.1) is 0 Å². The van der Waals surface area contributed by atoms with Crippen molar-refractivity contribution in [1.82, 2.24) is 4.48 Å². The number of halogens is 2. The minimum Gasteiger partial charge on any atom is -0.497 e. The number of aryl methyl sites for hydroxylation is 1. The van der Waals surface area contributed by atoms with E-state index in [-0.39, 0.29) is 17.5 Å². The molecular formula is C54H77BF2N2O3. The van der Waals surface area contributed by atoms with Crippen LogP contribution >= 0.6 is 0 Å². The SMILES string of the molecule is COc1ccc(C2=[N+]3C(=Cc4ccc(CCCCCCCCCCC(=O)O[C@H]5CC[C@@]6(C)C(=CC[C@H]7[C@@H]8CC[C@H]([C@H](C)CCCC(C)C)[C@@]8(C)CC[C@@H]76)C5)n4[B-]3(F)F)C=C2)cc1. The number of benzene rings is 1. The Hall–Kier alpha value is -3.42. The summed E-state index contributed by atoms with van der Waals surface area (Å²) in [5.41, 5.74) is 5.45. The number of ether oxygens (including phenoxy) is 2. The second-order valence-electron chi connectivity index (χ2n) is 21.6. The van der Waals surface area contributed by atoms with E-state index in [2.05, 4.69) is 40.7 Å². The van der Waals surface area contributed by atoms with Gasteiger partial charge in [-0.25, -0.2) is 0 Å². The van der Waals surface area contributed by atoms with Gasteiger partial charge in [0.2, 0.25) is 0 Å². The van der Waals surface area contributed by atoms with Crippen molar-refractivity contribution in [1.29, 1.82) is 0 Å². The van der Waals surface area contributed by atoms with Crippen LogP contribution in [0.4, 0.5) is 8.63 Å². The predicted octanol–water partition coefficient (Wildman–Crippen LogP) is 14.2. The number of fused-ring (bicyclic) bond motifs is 7. The van der Waals surface area contributed by atoms with E-state index in [1.807, 2.05) is 42.5 Å². The van der Waals surface area contributed by atoms with E-state index in [4.69, 9.17) is 9.47 Å². The first-order chi connectivity index (χ1) is 29.8. The van der Waals surface area contributed by atoms with Crippen molar-refractivity contribution in [3.8, 4) is 5.75 Å². The molecule has 3 heterocycles.